The molecule has 186 valence electrons. The Morgan fingerprint density at radius 3 is 2.42 bits per heavy atom. The van der Waals surface area contributed by atoms with Gasteiger partial charge >= 0.3 is 0 Å². The summed E-state index contributed by atoms with van der Waals surface area (Å²) in [5, 5.41) is 6.28. The highest BCUT2D eigenvalue weighted by Gasteiger charge is 2.23. The molecule has 0 atom stereocenters. The van der Waals surface area contributed by atoms with E-state index in [0.717, 1.165) is 5.56 Å². The summed E-state index contributed by atoms with van der Waals surface area (Å²) >= 11 is 0. The highest BCUT2D eigenvalue weighted by atomic mass is 19.1. The number of hydrogen-bond acceptors (Lipinski definition) is 5. The molecule has 0 radical (unpaired) electrons. The van der Waals surface area contributed by atoms with Gasteiger partial charge in [-0.1, -0.05) is 26.0 Å². The molecule has 0 aliphatic rings. The van der Waals surface area contributed by atoms with E-state index in [4.69, 9.17) is 9.47 Å². The molecule has 4 aromatic rings. The first-order valence-corrected chi connectivity index (χ1v) is 11.3. The Hall–Kier alpha value is -4.40. The lowest BCUT2D eigenvalue weighted by Crippen LogP contribution is -2.36. The first kappa shape index (κ1) is 24.7. The number of amides is 2. The molecular formula is C27H27FN4O4. The van der Waals surface area contributed by atoms with Gasteiger partial charge in [0.05, 0.1) is 19.8 Å². The Morgan fingerprint density at radius 1 is 1.00 bits per heavy atom. The summed E-state index contributed by atoms with van der Waals surface area (Å²) < 4.78 is 24.3. The minimum Gasteiger partial charge on any atom is -0.493 e. The highest BCUT2D eigenvalue weighted by Crippen LogP contribution is 2.28. The van der Waals surface area contributed by atoms with Gasteiger partial charge in [-0.3, -0.25) is 9.59 Å². The Bertz CT molecular complexity index is 1410. The fourth-order valence-electron chi connectivity index (χ4n) is 3.89. The van der Waals surface area contributed by atoms with Crippen LogP contribution >= 0.6 is 0 Å². The number of rotatable bonds is 8. The molecule has 0 fully saturated rings. The third-order valence-corrected chi connectivity index (χ3v) is 6.06. The number of fused-ring (bicyclic) bond motifs is 1. The molecular weight excluding hydrogens is 463 g/mol. The van der Waals surface area contributed by atoms with Gasteiger partial charge in [-0.2, -0.15) is 4.39 Å². The van der Waals surface area contributed by atoms with E-state index in [9.17, 15) is 14.0 Å². The zero-order chi connectivity index (χ0) is 25.9. The third-order valence-electron chi connectivity index (χ3n) is 6.06. The Morgan fingerprint density at radius 2 is 1.72 bits per heavy atom. The van der Waals surface area contributed by atoms with Crippen LogP contribution in [0.3, 0.4) is 0 Å². The molecule has 9 heteroatoms. The van der Waals surface area contributed by atoms with Crippen molar-refractivity contribution in [3.05, 3.63) is 83.6 Å². The molecule has 0 aliphatic heterocycles. The number of nitrogens with zero attached hydrogens (tertiary/aromatic N) is 1. The van der Waals surface area contributed by atoms with Gasteiger partial charge in [-0.05, 0) is 42.0 Å². The molecule has 0 spiro atoms. The van der Waals surface area contributed by atoms with Crippen molar-refractivity contribution < 1.29 is 23.5 Å². The standard InChI is InChI=1S/C27H27FN4O4/c1-27(2,15-31-26(34)20-14-30-23-19(20)11-12-29-24(23)28)17-6-8-18(9-7-17)32-25(33)16-5-10-21(35-3)22(13-16)36-4/h5-14,30H,15H2,1-4H3,(H,31,34)(H,32,33). The predicted molar refractivity (Wildman–Crippen MR) is 135 cm³/mol. The van der Waals surface area contributed by atoms with Crippen molar-refractivity contribution in [2.45, 2.75) is 19.3 Å². The number of anilines is 1. The number of halogens is 1. The maximum absolute atomic E-state index is 13.8. The van der Waals surface area contributed by atoms with Crippen LogP contribution in [0.5, 0.6) is 11.5 Å². The summed E-state index contributed by atoms with van der Waals surface area (Å²) in [6.45, 7) is 4.36. The molecule has 0 unspecified atom stereocenters. The average Bonchev–Trinajstić information content (AvgIpc) is 3.33. The second-order valence-corrected chi connectivity index (χ2v) is 8.89. The van der Waals surface area contributed by atoms with E-state index in [0.29, 0.717) is 40.2 Å². The SMILES string of the molecule is COc1ccc(C(=O)Nc2ccc(C(C)(C)CNC(=O)c3c[nH]c4c(F)nccc34)cc2)cc1OC. The van der Waals surface area contributed by atoms with Crippen LogP contribution in [0.15, 0.2) is 60.9 Å². The molecule has 0 saturated carbocycles. The molecule has 0 saturated heterocycles. The van der Waals surface area contributed by atoms with Gasteiger partial charge in [0.1, 0.15) is 5.52 Å². The second kappa shape index (κ2) is 10.1. The van der Waals surface area contributed by atoms with Crippen molar-refractivity contribution in [3.63, 3.8) is 0 Å². The smallest absolute Gasteiger partial charge is 0.255 e. The number of methoxy groups -OCH3 is 2. The molecule has 3 N–H and O–H groups in total. The molecule has 4 rings (SSSR count). The van der Waals surface area contributed by atoms with Crippen molar-refractivity contribution in [1.82, 2.24) is 15.3 Å². The number of H-pyrrole nitrogens is 1. The number of aromatic amines is 1. The van der Waals surface area contributed by atoms with Crippen LogP contribution in [0.25, 0.3) is 10.9 Å². The normalized spacial score (nSPS) is 11.2. The van der Waals surface area contributed by atoms with E-state index in [2.05, 4.69) is 20.6 Å². The minimum absolute atomic E-state index is 0.202. The number of carbonyl (C=O) groups is 2. The number of hydrogen-bond donors (Lipinski definition) is 3. The van der Waals surface area contributed by atoms with Crippen molar-refractivity contribution in [1.29, 1.82) is 0 Å². The van der Waals surface area contributed by atoms with E-state index in [1.54, 1.807) is 24.3 Å². The average molecular weight is 491 g/mol. The quantitative estimate of drug-likeness (QED) is 0.311. The van der Waals surface area contributed by atoms with Gasteiger partial charge in [0, 0.05) is 41.0 Å². The monoisotopic (exact) mass is 490 g/mol. The summed E-state index contributed by atoms with van der Waals surface area (Å²) in [5.74, 6) is -0.218. The van der Waals surface area contributed by atoms with E-state index in [1.165, 1.54) is 26.6 Å². The predicted octanol–water partition coefficient (Wildman–Crippen LogP) is 4.68. The van der Waals surface area contributed by atoms with E-state index in [-0.39, 0.29) is 17.3 Å². The summed E-state index contributed by atoms with van der Waals surface area (Å²) in [4.78, 5) is 31.8. The molecule has 2 heterocycles. The summed E-state index contributed by atoms with van der Waals surface area (Å²) in [6, 6.07) is 14.0. The topological polar surface area (TPSA) is 105 Å². The number of ether oxygens (including phenoxy) is 2. The van der Waals surface area contributed by atoms with Crippen LogP contribution in [-0.2, 0) is 5.41 Å². The molecule has 2 amide bonds. The maximum atomic E-state index is 13.8. The number of nitrogens with one attached hydrogen (secondary N) is 3. The van der Waals surface area contributed by atoms with Crippen molar-refractivity contribution in [3.8, 4) is 11.5 Å². The van der Waals surface area contributed by atoms with Crippen LogP contribution in [0.4, 0.5) is 10.1 Å². The van der Waals surface area contributed by atoms with Crippen LogP contribution in [0, 0.1) is 5.95 Å². The number of pyridine rings is 1. The fourth-order valence-corrected chi connectivity index (χ4v) is 3.89. The van der Waals surface area contributed by atoms with Gasteiger partial charge < -0.3 is 25.1 Å². The summed E-state index contributed by atoms with van der Waals surface area (Å²) in [7, 11) is 3.05. The lowest BCUT2D eigenvalue weighted by molar-refractivity contribution is 0.0946. The first-order valence-electron chi connectivity index (χ1n) is 11.3. The fraction of sp³-hybridized carbons (Fsp3) is 0.222. The highest BCUT2D eigenvalue weighted by molar-refractivity contribution is 6.06. The van der Waals surface area contributed by atoms with Gasteiger partial charge in [-0.15, -0.1) is 0 Å². The number of carbonyl (C=O) groups excluding carboxylic acids is 2. The third kappa shape index (κ3) is 5.00. The number of aromatic nitrogens is 2. The van der Waals surface area contributed by atoms with Crippen LogP contribution in [0.2, 0.25) is 0 Å². The van der Waals surface area contributed by atoms with Gasteiger partial charge in [0.15, 0.2) is 11.5 Å². The Balaban J connectivity index is 1.40. The second-order valence-electron chi connectivity index (χ2n) is 8.89. The van der Waals surface area contributed by atoms with E-state index < -0.39 is 11.4 Å². The lowest BCUT2D eigenvalue weighted by atomic mass is 9.84. The van der Waals surface area contributed by atoms with Crippen molar-refractivity contribution >= 4 is 28.4 Å². The Labute approximate surface area is 207 Å². The molecule has 0 aliphatic carbocycles. The Kier molecular flexibility index (Phi) is 6.91. The van der Waals surface area contributed by atoms with Crippen molar-refractivity contribution in [2.24, 2.45) is 0 Å². The molecule has 8 nitrogen and oxygen atoms in total. The summed E-state index contributed by atoms with van der Waals surface area (Å²) in [5.41, 5.74) is 2.20. The van der Waals surface area contributed by atoms with Gasteiger partial charge in [0.25, 0.3) is 11.8 Å². The molecule has 2 aromatic carbocycles. The zero-order valence-corrected chi connectivity index (χ0v) is 20.4. The summed E-state index contributed by atoms with van der Waals surface area (Å²) in [6.07, 6.45) is 2.81. The first-order chi connectivity index (χ1) is 17.2. The zero-order valence-electron chi connectivity index (χ0n) is 20.4. The molecule has 2 aromatic heterocycles. The minimum atomic E-state index is -0.648. The van der Waals surface area contributed by atoms with Crippen LogP contribution < -0.4 is 20.1 Å². The van der Waals surface area contributed by atoms with Gasteiger partial charge in [0.2, 0.25) is 5.95 Å². The number of benzene rings is 2. The molecule has 36 heavy (non-hydrogen) atoms. The van der Waals surface area contributed by atoms with Gasteiger partial charge in [-0.25, -0.2) is 4.98 Å². The van der Waals surface area contributed by atoms with Crippen molar-refractivity contribution in [2.75, 3.05) is 26.1 Å². The largest absolute Gasteiger partial charge is 0.493 e. The van der Waals surface area contributed by atoms with Crippen LogP contribution in [-0.4, -0.2) is 42.5 Å². The maximum Gasteiger partial charge on any atom is 0.255 e. The van der Waals surface area contributed by atoms with E-state index >= 15 is 0 Å². The van der Waals surface area contributed by atoms with Crippen LogP contribution in [0.1, 0.15) is 40.1 Å². The lowest BCUT2D eigenvalue weighted by Gasteiger charge is -2.26. The molecule has 0 bridgehead atoms. The van der Waals surface area contributed by atoms with E-state index in [1.807, 2.05) is 38.1 Å².